The Kier molecular flexibility index (Phi) is 5.69. The van der Waals surface area contributed by atoms with E-state index in [2.05, 4.69) is 6.92 Å². The molecular weight excluding hydrogens is 232 g/mol. The van der Waals surface area contributed by atoms with Crippen LogP contribution >= 0.6 is 0 Å². The van der Waals surface area contributed by atoms with E-state index in [9.17, 15) is 8.42 Å². The van der Waals surface area contributed by atoms with Gasteiger partial charge >= 0.3 is 0 Å². The lowest BCUT2D eigenvalue weighted by atomic mass is 10.1. The molecule has 0 amide bonds. The molecule has 0 saturated carbocycles. The summed E-state index contributed by atoms with van der Waals surface area (Å²) in [5, 5.41) is -0.276. The maximum absolute atomic E-state index is 12.2. The van der Waals surface area contributed by atoms with Crippen molar-refractivity contribution < 1.29 is 8.42 Å². The van der Waals surface area contributed by atoms with Crippen LogP contribution in [0.1, 0.15) is 46.0 Å². The van der Waals surface area contributed by atoms with Crippen LogP contribution in [0.4, 0.5) is 0 Å². The molecule has 0 aliphatic heterocycles. The van der Waals surface area contributed by atoms with E-state index in [0.717, 1.165) is 19.3 Å². The predicted molar refractivity (Wildman–Crippen MR) is 71.8 cm³/mol. The molecular formula is C14H22O2S. The first kappa shape index (κ1) is 14.2. The SMILES string of the molecule is CCCCCCC(C)S(=O)(=O)c1ccccc1. The largest absolute Gasteiger partial charge is 0.223 e. The van der Waals surface area contributed by atoms with Gasteiger partial charge in [-0.3, -0.25) is 0 Å². The quantitative estimate of drug-likeness (QED) is 0.693. The van der Waals surface area contributed by atoms with E-state index in [1.165, 1.54) is 12.8 Å². The molecule has 1 unspecified atom stereocenters. The third-order valence-corrected chi connectivity index (χ3v) is 5.29. The van der Waals surface area contributed by atoms with Crippen molar-refractivity contribution in [2.75, 3.05) is 0 Å². The lowest BCUT2D eigenvalue weighted by molar-refractivity contribution is 0.563. The molecule has 2 nitrogen and oxygen atoms in total. The monoisotopic (exact) mass is 254 g/mol. The molecule has 0 aliphatic rings. The number of sulfone groups is 1. The molecule has 3 heteroatoms. The molecule has 1 rings (SSSR count). The third-order valence-electron chi connectivity index (χ3n) is 3.07. The summed E-state index contributed by atoms with van der Waals surface area (Å²) in [6.45, 7) is 3.97. The van der Waals surface area contributed by atoms with Crippen molar-refractivity contribution in [1.29, 1.82) is 0 Å². The number of benzene rings is 1. The minimum Gasteiger partial charge on any atom is -0.223 e. The average molecular weight is 254 g/mol. The van der Waals surface area contributed by atoms with E-state index in [4.69, 9.17) is 0 Å². The van der Waals surface area contributed by atoms with Crippen molar-refractivity contribution in [3.63, 3.8) is 0 Å². The molecule has 17 heavy (non-hydrogen) atoms. The Balaban J connectivity index is 2.59. The van der Waals surface area contributed by atoms with Crippen molar-refractivity contribution >= 4 is 9.84 Å². The fraction of sp³-hybridized carbons (Fsp3) is 0.571. The third kappa shape index (κ3) is 4.15. The lowest BCUT2D eigenvalue weighted by Gasteiger charge is -2.12. The van der Waals surface area contributed by atoms with E-state index in [0.29, 0.717) is 4.90 Å². The predicted octanol–water partition coefficient (Wildman–Crippen LogP) is 3.82. The summed E-state index contributed by atoms with van der Waals surface area (Å²) in [5.74, 6) is 0. The highest BCUT2D eigenvalue weighted by atomic mass is 32.2. The zero-order valence-electron chi connectivity index (χ0n) is 10.7. The summed E-state index contributed by atoms with van der Waals surface area (Å²) in [6.07, 6.45) is 5.27. The smallest absolute Gasteiger partial charge is 0.180 e. The first-order valence-electron chi connectivity index (χ1n) is 6.38. The normalized spacial score (nSPS) is 13.5. The second-order valence-electron chi connectivity index (χ2n) is 4.52. The van der Waals surface area contributed by atoms with Gasteiger partial charge in [-0.05, 0) is 25.5 Å². The van der Waals surface area contributed by atoms with E-state index in [-0.39, 0.29) is 5.25 Å². The van der Waals surface area contributed by atoms with Crippen molar-refractivity contribution in [1.82, 2.24) is 0 Å². The Morgan fingerprint density at radius 3 is 2.29 bits per heavy atom. The summed E-state index contributed by atoms with van der Waals surface area (Å²) in [5.41, 5.74) is 0. The van der Waals surface area contributed by atoms with Gasteiger partial charge in [-0.2, -0.15) is 0 Å². The summed E-state index contributed by atoms with van der Waals surface area (Å²) >= 11 is 0. The van der Waals surface area contributed by atoms with Crippen LogP contribution in [-0.2, 0) is 9.84 Å². The standard InChI is InChI=1S/C14H22O2S/c1-3-4-5-7-10-13(2)17(15,16)14-11-8-6-9-12-14/h6,8-9,11-13H,3-5,7,10H2,1-2H3. The number of rotatable bonds is 7. The molecule has 1 atom stereocenters. The fourth-order valence-corrected chi connectivity index (χ4v) is 3.33. The molecule has 0 radical (unpaired) electrons. The Labute approximate surface area is 105 Å². The summed E-state index contributed by atoms with van der Waals surface area (Å²) in [7, 11) is -3.13. The highest BCUT2D eigenvalue weighted by molar-refractivity contribution is 7.92. The van der Waals surface area contributed by atoms with Gasteiger partial charge in [0.25, 0.3) is 0 Å². The topological polar surface area (TPSA) is 34.1 Å². The van der Waals surface area contributed by atoms with Gasteiger partial charge in [-0.25, -0.2) is 8.42 Å². The van der Waals surface area contributed by atoms with Gasteiger partial charge in [0.1, 0.15) is 0 Å². The Morgan fingerprint density at radius 1 is 1.06 bits per heavy atom. The first-order chi connectivity index (χ1) is 8.09. The molecule has 0 aliphatic carbocycles. The van der Waals surface area contributed by atoms with E-state index in [1.807, 2.05) is 13.0 Å². The van der Waals surface area contributed by atoms with E-state index >= 15 is 0 Å². The fourth-order valence-electron chi connectivity index (χ4n) is 1.86. The van der Waals surface area contributed by atoms with Crippen LogP contribution in [0.2, 0.25) is 0 Å². The van der Waals surface area contributed by atoms with Gasteiger partial charge in [0.05, 0.1) is 10.1 Å². The van der Waals surface area contributed by atoms with Gasteiger partial charge in [0, 0.05) is 0 Å². The van der Waals surface area contributed by atoms with E-state index in [1.54, 1.807) is 24.3 Å². The highest BCUT2D eigenvalue weighted by Crippen LogP contribution is 2.19. The molecule has 1 aromatic rings. The van der Waals surface area contributed by atoms with Gasteiger partial charge in [-0.1, -0.05) is 50.8 Å². The summed E-state index contributed by atoms with van der Waals surface area (Å²) < 4.78 is 24.4. The minimum atomic E-state index is -3.13. The zero-order chi connectivity index (χ0) is 12.7. The Morgan fingerprint density at radius 2 is 1.71 bits per heavy atom. The van der Waals surface area contributed by atoms with Gasteiger partial charge in [0.2, 0.25) is 0 Å². The maximum atomic E-state index is 12.2. The van der Waals surface area contributed by atoms with Gasteiger partial charge < -0.3 is 0 Å². The molecule has 0 spiro atoms. The lowest BCUT2D eigenvalue weighted by Crippen LogP contribution is -2.17. The average Bonchev–Trinajstić information content (AvgIpc) is 2.35. The zero-order valence-corrected chi connectivity index (χ0v) is 11.5. The van der Waals surface area contributed by atoms with Crippen LogP contribution in [0.15, 0.2) is 35.2 Å². The van der Waals surface area contributed by atoms with Crippen molar-refractivity contribution in [2.24, 2.45) is 0 Å². The van der Waals surface area contributed by atoms with Crippen LogP contribution < -0.4 is 0 Å². The Hall–Kier alpha value is -0.830. The number of unbranched alkanes of at least 4 members (excludes halogenated alkanes) is 3. The van der Waals surface area contributed by atoms with Gasteiger partial charge in [-0.15, -0.1) is 0 Å². The van der Waals surface area contributed by atoms with Crippen LogP contribution in [0, 0.1) is 0 Å². The molecule has 96 valence electrons. The van der Waals surface area contributed by atoms with E-state index < -0.39 is 9.84 Å². The molecule has 0 bridgehead atoms. The van der Waals surface area contributed by atoms with Gasteiger partial charge in [0.15, 0.2) is 9.84 Å². The Bertz CT molecular complexity index is 409. The van der Waals surface area contributed by atoms with Crippen molar-refractivity contribution in [3.8, 4) is 0 Å². The van der Waals surface area contributed by atoms with Crippen molar-refractivity contribution in [2.45, 2.75) is 56.1 Å². The number of hydrogen-bond donors (Lipinski definition) is 0. The molecule has 1 aromatic carbocycles. The van der Waals surface area contributed by atoms with Crippen LogP contribution in [0.3, 0.4) is 0 Å². The second-order valence-corrected chi connectivity index (χ2v) is 6.88. The molecule has 0 N–H and O–H groups in total. The first-order valence-corrected chi connectivity index (χ1v) is 7.92. The van der Waals surface area contributed by atoms with Crippen LogP contribution in [0.5, 0.6) is 0 Å². The van der Waals surface area contributed by atoms with Crippen LogP contribution in [-0.4, -0.2) is 13.7 Å². The second kappa shape index (κ2) is 6.80. The molecule has 0 saturated heterocycles. The number of hydrogen-bond acceptors (Lipinski definition) is 2. The minimum absolute atomic E-state index is 0.276. The summed E-state index contributed by atoms with van der Waals surface area (Å²) in [4.78, 5) is 0.447. The molecule has 0 fully saturated rings. The summed E-state index contributed by atoms with van der Waals surface area (Å²) in [6, 6.07) is 8.74. The molecule has 0 aromatic heterocycles. The van der Waals surface area contributed by atoms with Crippen LogP contribution in [0.25, 0.3) is 0 Å². The highest BCUT2D eigenvalue weighted by Gasteiger charge is 2.22. The van der Waals surface area contributed by atoms with Crippen molar-refractivity contribution in [3.05, 3.63) is 30.3 Å². The maximum Gasteiger partial charge on any atom is 0.180 e. The molecule has 0 heterocycles.